The first-order chi connectivity index (χ1) is 21.7. The third-order valence-corrected chi connectivity index (χ3v) is 9.91. The van der Waals surface area contributed by atoms with Crippen molar-refractivity contribution < 1.29 is 26.3 Å². The maximum atomic E-state index is 12.5. The van der Waals surface area contributed by atoms with Gasteiger partial charge in [-0.1, -0.05) is 100 Å². The molecule has 2 aromatic heterocycles. The summed E-state index contributed by atoms with van der Waals surface area (Å²) in [7, 11) is -8.12. The van der Waals surface area contributed by atoms with Gasteiger partial charge in [-0.25, -0.2) is 26.8 Å². The lowest BCUT2D eigenvalue weighted by molar-refractivity contribution is 0.349. The molecule has 46 heavy (non-hydrogen) atoms. The van der Waals surface area contributed by atoms with Gasteiger partial charge in [0.15, 0.2) is 16.9 Å². The van der Waals surface area contributed by atoms with Crippen molar-refractivity contribution in [2.24, 2.45) is 0 Å². The molecule has 0 atom stereocenters. The minimum absolute atomic E-state index is 0.0146. The second kappa shape index (κ2) is 16.5. The minimum atomic E-state index is -4.07. The van der Waals surface area contributed by atoms with Gasteiger partial charge in [-0.05, 0) is 24.3 Å². The highest BCUT2D eigenvalue weighted by Crippen LogP contribution is 2.33. The Hall–Kier alpha value is -3.26. The number of hydrogen-bond acceptors (Lipinski definition) is 10. The average Bonchev–Trinajstić information content (AvgIpc) is 3.00. The van der Waals surface area contributed by atoms with Gasteiger partial charge in [0, 0.05) is 0 Å². The van der Waals surface area contributed by atoms with E-state index >= 15 is 0 Å². The molecule has 0 radical (unpaired) electrons. The van der Waals surface area contributed by atoms with Gasteiger partial charge < -0.3 is 9.47 Å². The molecule has 2 aromatic carbocycles. The van der Waals surface area contributed by atoms with Crippen LogP contribution < -0.4 is 18.9 Å². The van der Waals surface area contributed by atoms with Crippen LogP contribution >= 0.6 is 69.6 Å². The molecule has 0 aliphatic rings. The van der Waals surface area contributed by atoms with Crippen LogP contribution in [0, 0.1) is 12.3 Å². The maximum absolute atomic E-state index is 12.5. The summed E-state index contributed by atoms with van der Waals surface area (Å²) in [4.78, 5) is 15.0. The number of nitrogens with zero attached hydrogens (tertiary/aromatic N) is 4. The smallest absolute Gasteiger partial charge is 0.264 e. The molecule has 2 heterocycles. The highest BCUT2D eigenvalue weighted by molar-refractivity contribution is 7.93. The Balaban J connectivity index is 0.000000250. The molecule has 4 rings (SSSR count). The normalized spacial score (nSPS) is 11.0. The Morgan fingerprint density at radius 2 is 1.20 bits per heavy atom. The predicted molar refractivity (Wildman–Crippen MR) is 179 cm³/mol. The van der Waals surface area contributed by atoms with Crippen LogP contribution in [-0.4, -0.2) is 50.0 Å². The molecule has 12 nitrogen and oxygen atoms in total. The van der Waals surface area contributed by atoms with Crippen LogP contribution in [0.4, 0.5) is 11.6 Å². The fourth-order valence-corrected chi connectivity index (χ4v) is 6.83. The van der Waals surface area contributed by atoms with Crippen LogP contribution in [0.25, 0.3) is 0 Å². The lowest BCUT2D eigenvalue weighted by Gasteiger charge is -2.12. The van der Waals surface area contributed by atoms with Gasteiger partial charge in [-0.2, -0.15) is 9.97 Å². The number of anilines is 2. The van der Waals surface area contributed by atoms with Gasteiger partial charge in [-0.15, -0.1) is 6.42 Å². The molecule has 0 fully saturated rings. The summed E-state index contributed by atoms with van der Waals surface area (Å²) in [6, 6.07) is 8.46. The number of hydrogen-bond donors (Lipinski definition) is 2. The molecule has 0 spiro atoms. The van der Waals surface area contributed by atoms with Crippen LogP contribution in [0.3, 0.4) is 0 Å². The van der Waals surface area contributed by atoms with Crippen LogP contribution in [0.5, 0.6) is 11.8 Å². The van der Waals surface area contributed by atoms with Crippen molar-refractivity contribution in [1.29, 1.82) is 0 Å². The Labute approximate surface area is 294 Å². The van der Waals surface area contributed by atoms with Crippen molar-refractivity contribution in [3.8, 4) is 24.1 Å². The van der Waals surface area contributed by atoms with E-state index in [0.29, 0.717) is 0 Å². The number of halogens is 6. The number of rotatable bonds is 11. The molecule has 0 aliphatic heterocycles. The van der Waals surface area contributed by atoms with Crippen LogP contribution in [-0.2, 0) is 20.0 Å². The lowest BCUT2D eigenvalue weighted by Crippen LogP contribution is -2.16. The van der Waals surface area contributed by atoms with E-state index in [0.717, 1.165) is 6.20 Å². The van der Waals surface area contributed by atoms with Gasteiger partial charge in [0.25, 0.3) is 31.8 Å². The van der Waals surface area contributed by atoms with Gasteiger partial charge in [0.05, 0.1) is 32.5 Å². The molecule has 20 heteroatoms. The van der Waals surface area contributed by atoms with E-state index < -0.39 is 20.0 Å². The Morgan fingerprint density at radius 1 is 0.761 bits per heavy atom. The second-order valence-corrected chi connectivity index (χ2v) is 13.7. The molecule has 0 amide bonds. The predicted octanol–water partition coefficient (Wildman–Crippen LogP) is 7.05. The van der Waals surface area contributed by atoms with E-state index in [1.165, 1.54) is 48.7 Å². The van der Waals surface area contributed by atoms with Gasteiger partial charge >= 0.3 is 0 Å². The molecule has 0 aliphatic carbocycles. The zero-order valence-electron chi connectivity index (χ0n) is 22.7. The second-order valence-electron chi connectivity index (χ2n) is 8.10. The first-order valence-corrected chi connectivity index (χ1v) is 17.2. The monoisotopic (exact) mass is 784 g/mol. The Bertz CT molecular complexity index is 2010. The molecule has 0 unspecified atom stereocenters. The maximum Gasteiger partial charge on any atom is 0.264 e. The summed E-state index contributed by atoms with van der Waals surface area (Å²) in [5.41, 5.74) is 0. The van der Waals surface area contributed by atoms with E-state index in [4.69, 9.17) is 85.5 Å². The Kier molecular flexibility index (Phi) is 13.4. The summed E-state index contributed by atoms with van der Waals surface area (Å²) in [6.07, 6.45) is 8.89. The molecule has 0 bridgehead atoms. The standard InChI is InChI=1S/C13H10Cl3N3O3S.C13H8Cl3N3O3S/c2*1-2-6-22-13-12(17-7-10(15)18-13)19-23(20,21)9-5-3-4-8(14)11(9)16/h2-5,7H,1,6H2,(H,17,19);1,3-5,7H,6H2,(H,17,19). The number of nitrogens with one attached hydrogen (secondary N) is 2. The topological polar surface area (TPSA) is 162 Å². The van der Waals surface area contributed by atoms with Gasteiger partial charge in [0.2, 0.25) is 11.6 Å². The molecule has 4 aromatic rings. The molecule has 242 valence electrons. The first-order valence-electron chi connectivity index (χ1n) is 12.0. The van der Waals surface area contributed by atoms with Crippen LogP contribution in [0.1, 0.15) is 0 Å². The summed E-state index contributed by atoms with van der Waals surface area (Å²) < 4.78 is 64.6. The molecular weight excluding hydrogens is 769 g/mol. The zero-order valence-corrected chi connectivity index (χ0v) is 28.9. The van der Waals surface area contributed by atoms with Gasteiger partial charge in [-0.3, -0.25) is 9.44 Å². The first kappa shape index (κ1) is 37.2. The quantitative estimate of drug-likeness (QED) is 0.119. The van der Waals surface area contributed by atoms with Crippen LogP contribution in [0.15, 0.2) is 71.2 Å². The number of aromatic nitrogens is 4. The van der Waals surface area contributed by atoms with E-state index in [9.17, 15) is 16.8 Å². The fourth-order valence-electron chi connectivity index (χ4n) is 3.04. The fraction of sp³-hybridized carbons (Fsp3) is 0.0769. The highest BCUT2D eigenvalue weighted by atomic mass is 35.5. The number of benzene rings is 2. The molecule has 2 N–H and O–H groups in total. The average molecular weight is 787 g/mol. The van der Waals surface area contributed by atoms with E-state index in [-0.39, 0.29) is 76.8 Å². The SMILES string of the molecule is C#CCOc1nc(Cl)cnc1NS(=O)(=O)c1cccc(Cl)c1Cl.C=CCOc1nc(Cl)cnc1NS(=O)(=O)c1cccc(Cl)c1Cl. The van der Waals surface area contributed by atoms with Gasteiger partial charge in [0.1, 0.15) is 16.4 Å². The number of terminal acetylenes is 1. The summed E-state index contributed by atoms with van der Waals surface area (Å²) >= 11 is 35.0. The summed E-state index contributed by atoms with van der Waals surface area (Å²) in [6.45, 7) is 3.46. The van der Waals surface area contributed by atoms with Crippen LogP contribution in [0.2, 0.25) is 30.4 Å². The Morgan fingerprint density at radius 3 is 1.61 bits per heavy atom. The molecule has 0 saturated heterocycles. The minimum Gasteiger partial charge on any atom is -0.471 e. The van der Waals surface area contributed by atoms with E-state index in [1.807, 2.05) is 0 Å². The number of ether oxygens (including phenoxy) is 2. The van der Waals surface area contributed by atoms with Crippen molar-refractivity contribution in [1.82, 2.24) is 19.9 Å². The highest BCUT2D eigenvalue weighted by Gasteiger charge is 2.24. The van der Waals surface area contributed by atoms with E-state index in [1.54, 1.807) is 0 Å². The largest absolute Gasteiger partial charge is 0.471 e. The van der Waals surface area contributed by atoms with Crippen molar-refractivity contribution in [3.63, 3.8) is 0 Å². The summed E-state index contributed by atoms with van der Waals surface area (Å²) in [5, 5.41) is 0.0563. The van der Waals surface area contributed by atoms with Crippen molar-refractivity contribution in [2.45, 2.75) is 9.79 Å². The third-order valence-electron chi connectivity index (χ3n) is 4.93. The summed E-state index contributed by atoms with van der Waals surface area (Å²) in [5.74, 6) is 1.67. The third kappa shape index (κ3) is 9.87. The van der Waals surface area contributed by atoms with E-state index in [2.05, 4.69) is 41.9 Å². The molecular formula is C26H18Cl6N6O6S2. The van der Waals surface area contributed by atoms with Crippen molar-refractivity contribution in [3.05, 3.63) is 91.8 Å². The lowest BCUT2D eigenvalue weighted by atomic mass is 10.4. The van der Waals surface area contributed by atoms with Crippen molar-refractivity contribution in [2.75, 3.05) is 22.7 Å². The molecule has 0 saturated carbocycles. The van der Waals surface area contributed by atoms with Crippen molar-refractivity contribution >= 4 is 101 Å². The zero-order chi connectivity index (χ0) is 34.1. The number of sulfonamides is 2.